The average Bonchev–Trinajstić information content (AvgIpc) is 3.28. The summed E-state index contributed by atoms with van der Waals surface area (Å²) in [5, 5.41) is 1.39. The van der Waals surface area contributed by atoms with E-state index in [4.69, 9.17) is 9.47 Å². The summed E-state index contributed by atoms with van der Waals surface area (Å²) >= 11 is 0. The van der Waals surface area contributed by atoms with Gasteiger partial charge in [-0.1, -0.05) is 36.4 Å². The molecular weight excluding hydrogens is 424 g/mol. The Morgan fingerprint density at radius 3 is 2.44 bits per heavy atom. The molecule has 0 fully saturated rings. The highest BCUT2D eigenvalue weighted by Gasteiger charge is 2.26. The monoisotopic (exact) mass is 444 g/mol. The van der Waals surface area contributed by atoms with E-state index < -0.39 is 9.84 Å². The number of ether oxygens (including phenoxy) is 2. The van der Waals surface area contributed by atoms with Gasteiger partial charge in [-0.05, 0) is 41.5 Å². The lowest BCUT2D eigenvalue weighted by Gasteiger charge is -2.12. The Bertz CT molecular complexity index is 1570. The van der Waals surface area contributed by atoms with Crippen LogP contribution in [0.25, 0.3) is 32.9 Å². The van der Waals surface area contributed by atoms with Gasteiger partial charge in [-0.25, -0.2) is 8.42 Å². The minimum Gasteiger partial charge on any atom is -0.493 e. The number of H-pyrrole nitrogens is 1. The summed E-state index contributed by atoms with van der Waals surface area (Å²) < 4.78 is 38.4. The van der Waals surface area contributed by atoms with Gasteiger partial charge >= 0.3 is 0 Å². The predicted molar refractivity (Wildman–Crippen MR) is 124 cm³/mol. The summed E-state index contributed by atoms with van der Waals surface area (Å²) in [5.74, 6) is 1.17. The van der Waals surface area contributed by atoms with Crippen molar-refractivity contribution in [1.82, 2.24) is 9.97 Å². The number of sulfone groups is 1. The Morgan fingerprint density at radius 2 is 1.62 bits per heavy atom. The number of rotatable bonds is 5. The van der Waals surface area contributed by atoms with E-state index in [1.165, 1.54) is 0 Å². The van der Waals surface area contributed by atoms with Crippen molar-refractivity contribution in [2.75, 3.05) is 14.2 Å². The summed E-state index contributed by atoms with van der Waals surface area (Å²) in [5.41, 5.74) is 2.77. The Balaban J connectivity index is 1.77. The predicted octanol–water partition coefficient (Wildman–Crippen LogP) is 5.23. The molecule has 0 atom stereocenters. The fourth-order valence-electron chi connectivity index (χ4n) is 4.02. The third-order valence-corrected chi connectivity index (χ3v) is 7.35. The topological polar surface area (TPSA) is 81.3 Å². The number of nitrogens with zero attached hydrogens (tertiary/aromatic N) is 1. The molecule has 0 aliphatic heterocycles. The summed E-state index contributed by atoms with van der Waals surface area (Å²) in [7, 11) is -0.710. The van der Waals surface area contributed by atoms with E-state index in [1.54, 1.807) is 44.8 Å². The molecule has 5 aromatic rings. The van der Waals surface area contributed by atoms with Crippen molar-refractivity contribution in [3.63, 3.8) is 0 Å². The molecule has 0 aliphatic carbocycles. The summed E-state index contributed by atoms with van der Waals surface area (Å²) in [4.78, 5) is 7.84. The number of aromatic amines is 1. The van der Waals surface area contributed by atoms with Gasteiger partial charge in [-0.15, -0.1) is 0 Å². The Hall–Kier alpha value is -3.84. The molecular formula is C25H20N2O4S. The largest absolute Gasteiger partial charge is 0.493 e. The number of methoxy groups -OCH3 is 2. The van der Waals surface area contributed by atoms with Crippen LogP contribution in [0.1, 0.15) is 0 Å². The van der Waals surface area contributed by atoms with E-state index >= 15 is 0 Å². The zero-order valence-electron chi connectivity index (χ0n) is 17.5. The fourth-order valence-corrected chi connectivity index (χ4v) is 5.64. The van der Waals surface area contributed by atoms with Gasteiger partial charge in [-0.3, -0.25) is 4.98 Å². The van der Waals surface area contributed by atoms with Crippen molar-refractivity contribution in [1.29, 1.82) is 0 Å². The van der Waals surface area contributed by atoms with Gasteiger partial charge in [-0.2, -0.15) is 0 Å². The molecule has 0 spiro atoms. The highest BCUT2D eigenvalue weighted by Crippen LogP contribution is 2.39. The zero-order chi connectivity index (χ0) is 22.3. The van der Waals surface area contributed by atoms with Crippen LogP contribution >= 0.6 is 0 Å². The molecule has 7 heteroatoms. The van der Waals surface area contributed by atoms with Gasteiger partial charge in [0.1, 0.15) is 0 Å². The van der Waals surface area contributed by atoms with Gasteiger partial charge < -0.3 is 14.5 Å². The molecule has 0 aliphatic rings. The van der Waals surface area contributed by atoms with Gasteiger partial charge in [0, 0.05) is 28.7 Å². The van der Waals surface area contributed by atoms with Gasteiger partial charge in [0.25, 0.3) is 0 Å². The van der Waals surface area contributed by atoms with Crippen LogP contribution in [0.4, 0.5) is 0 Å². The number of nitrogens with one attached hydrogen (secondary N) is 1. The van der Waals surface area contributed by atoms with Crippen molar-refractivity contribution in [3.05, 3.63) is 79.1 Å². The molecule has 6 nitrogen and oxygen atoms in total. The number of fused-ring (bicyclic) bond motifs is 2. The highest BCUT2D eigenvalue weighted by molar-refractivity contribution is 7.92. The Labute approximate surface area is 185 Å². The lowest BCUT2D eigenvalue weighted by Crippen LogP contribution is -2.03. The Kier molecular flexibility index (Phi) is 4.83. The maximum Gasteiger partial charge on any atom is 0.210 e. The van der Waals surface area contributed by atoms with E-state index in [1.807, 2.05) is 48.5 Å². The maximum atomic E-state index is 13.8. The van der Waals surface area contributed by atoms with Crippen LogP contribution in [0.2, 0.25) is 0 Å². The molecule has 2 heterocycles. The SMILES string of the molecule is COc1ccc(-c2cccc3[nH]cc(S(=O)(=O)c4cccc5cccnc45)c23)cc1OC. The van der Waals surface area contributed by atoms with Crippen LogP contribution in [-0.2, 0) is 9.84 Å². The second-order valence-corrected chi connectivity index (χ2v) is 9.17. The first-order valence-electron chi connectivity index (χ1n) is 9.96. The molecule has 0 bridgehead atoms. The smallest absolute Gasteiger partial charge is 0.210 e. The summed E-state index contributed by atoms with van der Waals surface area (Å²) in [6.07, 6.45) is 3.15. The molecule has 3 aromatic carbocycles. The van der Waals surface area contributed by atoms with Crippen LogP contribution in [0.15, 0.2) is 88.9 Å². The van der Waals surface area contributed by atoms with E-state index in [-0.39, 0.29) is 9.79 Å². The first-order valence-corrected chi connectivity index (χ1v) is 11.4. The van der Waals surface area contributed by atoms with Gasteiger partial charge in [0.2, 0.25) is 9.84 Å². The van der Waals surface area contributed by atoms with Crippen molar-refractivity contribution in [3.8, 4) is 22.6 Å². The summed E-state index contributed by atoms with van der Waals surface area (Å²) in [6, 6.07) is 20.0. The van der Waals surface area contributed by atoms with Gasteiger partial charge in [0.05, 0.1) is 29.5 Å². The van der Waals surface area contributed by atoms with Crippen molar-refractivity contribution < 1.29 is 17.9 Å². The third-order valence-electron chi connectivity index (χ3n) is 5.54. The molecule has 1 N–H and O–H groups in total. The van der Waals surface area contributed by atoms with E-state index in [0.717, 1.165) is 22.0 Å². The van der Waals surface area contributed by atoms with Crippen LogP contribution in [0.5, 0.6) is 11.5 Å². The number of hydrogen-bond donors (Lipinski definition) is 1. The van der Waals surface area contributed by atoms with E-state index in [2.05, 4.69) is 9.97 Å². The van der Waals surface area contributed by atoms with Crippen LogP contribution in [-0.4, -0.2) is 32.6 Å². The molecule has 5 rings (SSSR count). The molecule has 160 valence electrons. The molecule has 0 unspecified atom stereocenters. The number of aromatic nitrogens is 2. The highest BCUT2D eigenvalue weighted by atomic mass is 32.2. The number of pyridine rings is 1. The lowest BCUT2D eigenvalue weighted by molar-refractivity contribution is 0.355. The molecule has 0 amide bonds. The van der Waals surface area contributed by atoms with Crippen molar-refractivity contribution in [2.24, 2.45) is 0 Å². The quantitative estimate of drug-likeness (QED) is 0.401. The molecule has 0 saturated heterocycles. The summed E-state index contributed by atoms with van der Waals surface area (Å²) in [6.45, 7) is 0. The second-order valence-electron chi connectivity index (χ2n) is 7.29. The van der Waals surface area contributed by atoms with E-state index in [9.17, 15) is 8.42 Å². The molecule has 32 heavy (non-hydrogen) atoms. The zero-order valence-corrected chi connectivity index (χ0v) is 18.3. The van der Waals surface area contributed by atoms with Crippen LogP contribution in [0, 0.1) is 0 Å². The van der Waals surface area contributed by atoms with Crippen LogP contribution < -0.4 is 9.47 Å². The number of hydrogen-bond acceptors (Lipinski definition) is 5. The molecule has 0 radical (unpaired) electrons. The first kappa shape index (κ1) is 20.1. The van der Waals surface area contributed by atoms with Crippen LogP contribution in [0.3, 0.4) is 0 Å². The third kappa shape index (κ3) is 3.09. The Morgan fingerprint density at radius 1 is 0.844 bits per heavy atom. The van der Waals surface area contributed by atoms with Gasteiger partial charge in [0.15, 0.2) is 11.5 Å². The molecule has 0 saturated carbocycles. The average molecular weight is 445 g/mol. The normalized spacial score (nSPS) is 11.7. The van der Waals surface area contributed by atoms with Crippen molar-refractivity contribution >= 4 is 31.6 Å². The number of benzene rings is 3. The van der Waals surface area contributed by atoms with E-state index in [0.29, 0.717) is 22.4 Å². The second kappa shape index (κ2) is 7.69. The lowest BCUT2D eigenvalue weighted by atomic mass is 10.0. The fraction of sp³-hybridized carbons (Fsp3) is 0.0800. The maximum absolute atomic E-state index is 13.8. The van der Waals surface area contributed by atoms with Crippen molar-refractivity contribution in [2.45, 2.75) is 9.79 Å². The number of para-hydroxylation sites is 1. The first-order chi connectivity index (χ1) is 15.5. The minimum absolute atomic E-state index is 0.179. The standard InChI is InChI=1S/C25H20N2O4S/c1-30-20-12-11-17(14-21(20)31-2)18-8-4-9-19-24(18)23(15-27-19)32(28,29)22-10-3-6-16-7-5-13-26-25(16)22/h3-15,27H,1-2H3. The minimum atomic E-state index is -3.86. The molecule has 2 aromatic heterocycles.